The fraction of sp³-hybridized carbons (Fsp3) is 0.118. The summed E-state index contributed by atoms with van der Waals surface area (Å²) < 4.78 is 6.72. The third-order valence-electron chi connectivity index (χ3n) is 3.60. The summed E-state index contributed by atoms with van der Waals surface area (Å²) in [6, 6.07) is 5.28. The van der Waals surface area contributed by atoms with Crippen LogP contribution in [-0.4, -0.2) is 47.4 Å². The zero-order chi connectivity index (χ0) is 19.3. The maximum atomic E-state index is 12.6. The summed E-state index contributed by atoms with van der Waals surface area (Å²) in [5.74, 6) is 0.737. The molecule has 0 atom stereocenters. The number of pyridine rings is 1. The van der Waals surface area contributed by atoms with Crippen LogP contribution in [0.2, 0.25) is 0 Å². The van der Waals surface area contributed by atoms with E-state index in [4.69, 9.17) is 4.74 Å². The van der Waals surface area contributed by atoms with Gasteiger partial charge >= 0.3 is 0 Å². The predicted octanol–water partition coefficient (Wildman–Crippen LogP) is 2.23. The molecule has 140 valence electrons. The van der Waals surface area contributed by atoms with Crippen LogP contribution >= 0.6 is 11.3 Å². The molecular formula is C17H14N8O2S. The van der Waals surface area contributed by atoms with Gasteiger partial charge in [0.25, 0.3) is 5.91 Å². The molecule has 4 rings (SSSR count). The largest absolute Gasteiger partial charge is 0.492 e. The molecule has 0 unspecified atom stereocenters. The molecule has 0 spiro atoms. The Morgan fingerprint density at radius 3 is 2.89 bits per heavy atom. The van der Waals surface area contributed by atoms with Crippen LogP contribution in [0.1, 0.15) is 17.4 Å². The average molecular weight is 394 g/mol. The molecule has 0 aliphatic carbocycles. The first kappa shape index (κ1) is 17.7. The van der Waals surface area contributed by atoms with Crippen molar-refractivity contribution < 1.29 is 9.53 Å². The van der Waals surface area contributed by atoms with Crippen LogP contribution < -0.4 is 10.1 Å². The first-order valence-electron chi connectivity index (χ1n) is 8.28. The first-order valence-corrected chi connectivity index (χ1v) is 9.15. The highest BCUT2D eigenvalue weighted by molar-refractivity contribution is 7.14. The smallest absolute Gasteiger partial charge is 0.277 e. The van der Waals surface area contributed by atoms with Crippen LogP contribution in [0.4, 0.5) is 5.13 Å². The second-order valence-corrected chi connectivity index (χ2v) is 6.26. The number of nitrogens with one attached hydrogen (secondary N) is 1. The van der Waals surface area contributed by atoms with E-state index < -0.39 is 5.91 Å². The summed E-state index contributed by atoms with van der Waals surface area (Å²) in [4.78, 5) is 29.3. The van der Waals surface area contributed by atoms with Crippen molar-refractivity contribution in [3.8, 4) is 23.0 Å². The van der Waals surface area contributed by atoms with Gasteiger partial charge in [-0.25, -0.2) is 15.0 Å². The predicted molar refractivity (Wildman–Crippen MR) is 101 cm³/mol. The molecule has 10 nitrogen and oxygen atoms in total. The van der Waals surface area contributed by atoms with E-state index in [1.54, 1.807) is 18.5 Å². The van der Waals surface area contributed by atoms with E-state index in [-0.39, 0.29) is 5.69 Å². The maximum Gasteiger partial charge on any atom is 0.277 e. The van der Waals surface area contributed by atoms with Gasteiger partial charge in [-0.3, -0.25) is 15.1 Å². The Morgan fingerprint density at radius 2 is 2.14 bits per heavy atom. The van der Waals surface area contributed by atoms with E-state index in [2.05, 4.69) is 35.6 Å². The van der Waals surface area contributed by atoms with Gasteiger partial charge in [0.2, 0.25) is 0 Å². The Bertz CT molecular complexity index is 1080. The van der Waals surface area contributed by atoms with Gasteiger partial charge in [0, 0.05) is 17.6 Å². The average Bonchev–Trinajstić information content (AvgIpc) is 3.39. The fourth-order valence-corrected chi connectivity index (χ4v) is 3.06. The molecule has 0 aromatic carbocycles. The molecule has 28 heavy (non-hydrogen) atoms. The molecule has 4 aromatic rings. The number of aromatic nitrogens is 7. The Kier molecular flexibility index (Phi) is 4.97. The lowest BCUT2D eigenvalue weighted by atomic mass is 10.3. The van der Waals surface area contributed by atoms with Crippen molar-refractivity contribution in [1.29, 1.82) is 0 Å². The zero-order valence-electron chi connectivity index (χ0n) is 14.7. The second-order valence-electron chi connectivity index (χ2n) is 5.40. The van der Waals surface area contributed by atoms with Gasteiger partial charge in [-0.2, -0.15) is 4.68 Å². The van der Waals surface area contributed by atoms with Crippen molar-refractivity contribution in [1.82, 2.24) is 34.9 Å². The summed E-state index contributed by atoms with van der Waals surface area (Å²) in [5, 5.41) is 12.7. The lowest BCUT2D eigenvalue weighted by molar-refractivity contribution is 0.101. The highest BCUT2D eigenvalue weighted by Gasteiger charge is 2.17. The molecule has 4 heterocycles. The monoisotopic (exact) mass is 394 g/mol. The van der Waals surface area contributed by atoms with Crippen molar-refractivity contribution >= 4 is 22.4 Å². The lowest BCUT2D eigenvalue weighted by Gasteiger charge is -2.04. The molecule has 0 aliphatic heterocycles. The molecule has 0 radical (unpaired) electrons. The lowest BCUT2D eigenvalue weighted by Crippen LogP contribution is -2.17. The minimum absolute atomic E-state index is 0.231. The van der Waals surface area contributed by atoms with Crippen LogP contribution in [0.15, 0.2) is 48.5 Å². The zero-order valence-corrected chi connectivity index (χ0v) is 15.5. The van der Waals surface area contributed by atoms with Crippen LogP contribution in [0.3, 0.4) is 0 Å². The van der Waals surface area contributed by atoms with E-state index in [0.29, 0.717) is 34.7 Å². The normalized spacial score (nSPS) is 10.6. The van der Waals surface area contributed by atoms with E-state index >= 15 is 0 Å². The van der Waals surface area contributed by atoms with E-state index in [1.165, 1.54) is 28.5 Å². The summed E-state index contributed by atoms with van der Waals surface area (Å²) in [6.45, 7) is 2.49. The Labute approximate surface area is 163 Å². The van der Waals surface area contributed by atoms with Gasteiger partial charge in [-0.1, -0.05) is 5.21 Å². The Hall–Kier alpha value is -3.73. The Morgan fingerprint density at radius 1 is 1.21 bits per heavy atom. The van der Waals surface area contributed by atoms with Gasteiger partial charge in [0.15, 0.2) is 16.6 Å². The maximum absolute atomic E-state index is 12.6. The molecule has 0 aliphatic rings. The van der Waals surface area contributed by atoms with Crippen LogP contribution in [0.5, 0.6) is 5.75 Å². The van der Waals surface area contributed by atoms with Crippen molar-refractivity contribution in [2.24, 2.45) is 0 Å². The van der Waals surface area contributed by atoms with Crippen LogP contribution in [-0.2, 0) is 0 Å². The SMILES string of the molecule is CCOc1ccc(-c2csc(NC(=O)c3cnnn3-c3ccncn3)n2)nc1. The molecule has 0 saturated heterocycles. The molecule has 1 N–H and O–H groups in total. The van der Waals surface area contributed by atoms with Gasteiger partial charge in [0.1, 0.15) is 17.8 Å². The molecular weight excluding hydrogens is 380 g/mol. The number of nitrogens with zero attached hydrogens (tertiary/aromatic N) is 7. The van der Waals surface area contributed by atoms with Crippen molar-refractivity contribution in [3.63, 3.8) is 0 Å². The minimum Gasteiger partial charge on any atom is -0.492 e. The number of rotatable bonds is 6. The van der Waals surface area contributed by atoms with Gasteiger partial charge in [-0.15, -0.1) is 16.4 Å². The summed E-state index contributed by atoms with van der Waals surface area (Å²) in [7, 11) is 0. The van der Waals surface area contributed by atoms with Gasteiger partial charge in [0.05, 0.1) is 24.7 Å². The summed E-state index contributed by atoms with van der Waals surface area (Å²) in [5.41, 5.74) is 1.58. The number of hydrogen-bond donors (Lipinski definition) is 1. The van der Waals surface area contributed by atoms with Crippen LogP contribution in [0.25, 0.3) is 17.2 Å². The summed E-state index contributed by atoms with van der Waals surface area (Å²) >= 11 is 1.30. The first-order chi connectivity index (χ1) is 13.7. The standard InChI is InChI=1S/C17H14N8O2S/c1-2-27-11-3-4-12(19-7-11)13-9-28-17(22-13)23-16(26)14-8-21-24-25(14)15-5-6-18-10-20-15/h3-10H,2H2,1H3,(H,22,23,26). The highest BCUT2D eigenvalue weighted by atomic mass is 32.1. The number of carbonyl (C=O) groups excluding carboxylic acids is 1. The van der Waals surface area contributed by atoms with Gasteiger partial charge in [-0.05, 0) is 19.1 Å². The number of ether oxygens (including phenoxy) is 1. The van der Waals surface area contributed by atoms with Crippen molar-refractivity contribution in [3.05, 3.63) is 54.2 Å². The third-order valence-corrected chi connectivity index (χ3v) is 4.36. The number of hydrogen-bond acceptors (Lipinski definition) is 9. The number of amides is 1. The van der Waals surface area contributed by atoms with Crippen molar-refractivity contribution in [2.75, 3.05) is 11.9 Å². The number of anilines is 1. The molecule has 0 saturated carbocycles. The quantitative estimate of drug-likeness (QED) is 0.528. The van der Waals surface area contributed by atoms with Crippen LogP contribution in [0, 0.1) is 0 Å². The van der Waals surface area contributed by atoms with E-state index in [9.17, 15) is 4.79 Å². The molecule has 11 heteroatoms. The van der Waals surface area contributed by atoms with E-state index in [1.807, 2.05) is 24.4 Å². The molecule has 0 bridgehead atoms. The third kappa shape index (κ3) is 3.69. The Balaban J connectivity index is 1.50. The highest BCUT2D eigenvalue weighted by Crippen LogP contribution is 2.25. The second kappa shape index (κ2) is 7.88. The molecule has 1 amide bonds. The van der Waals surface area contributed by atoms with E-state index in [0.717, 1.165) is 0 Å². The topological polar surface area (TPSA) is 121 Å². The molecule has 4 aromatic heterocycles. The molecule has 0 fully saturated rings. The van der Waals surface area contributed by atoms with Crippen molar-refractivity contribution in [2.45, 2.75) is 6.92 Å². The van der Waals surface area contributed by atoms with Gasteiger partial charge < -0.3 is 4.74 Å². The summed E-state index contributed by atoms with van der Waals surface area (Å²) in [6.07, 6.45) is 5.93. The fourth-order valence-electron chi connectivity index (χ4n) is 2.36. The minimum atomic E-state index is -0.399. The number of thiazole rings is 1. The number of carbonyl (C=O) groups is 1.